The largest absolute Gasteiger partial charge is 0.493 e. The van der Waals surface area contributed by atoms with E-state index in [2.05, 4.69) is 20.9 Å². The van der Waals surface area contributed by atoms with E-state index in [4.69, 9.17) is 14.2 Å². The molecule has 0 N–H and O–H groups in total. The molecule has 6 heteroatoms. The second-order valence-electron chi connectivity index (χ2n) is 3.86. The van der Waals surface area contributed by atoms with E-state index in [-0.39, 0.29) is 12.4 Å². The Kier molecular flexibility index (Phi) is 4.79. The van der Waals surface area contributed by atoms with Crippen LogP contribution in [-0.4, -0.2) is 19.2 Å². The molecule has 106 valence electrons. The van der Waals surface area contributed by atoms with Gasteiger partial charge in [0, 0.05) is 18.3 Å². The Morgan fingerprint density at radius 1 is 1.15 bits per heavy atom. The number of hydrogen-bond acceptors (Lipinski definition) is 4. The summed E-state index contributed by atoms with van der Waals surface area (Å²) in [4.78, 5) is 4.19. The summed E-state index contributed by atoms with van der Waals surface area (Å²) in [5.74, 6) is 1.10. The summed E-state index contributed by atoms with van der Waals surface area (Å²) < 4.78 is 29.8. The van der Waals surface area contributed by atoms with Crippen LogP contribution in [0.1, 0.15) is 5.69 Å². The van der Waals surface area contributed by atoms with Crippen LogP contribution in [-0.2, 0) is 6.61 Å². The molecule has 1 heterocycles. The Hall–Kier alpha value is -1.82. The molecule has 2 aromatic rings. The van der Waals surface area contributed by atoms with Crippen LogP contribution in [0.5, 0.6) is 17.2 Å². The Bertz CT molecular complexity index is 607. The van der Waals surface area contributed by atoms with E-state index in [1.54, 1.807) is 25.4 Å². The molecule has 0 saturated heterocycles. The van der Waals surface area contributed by atoms with E-state index in [9.17, 15) is 4.39 Å². The molecule has 0 bridgehead atoms. The van der Waals surface area contributed by atoms with Gasteiger partial charge in [0.15, 0.2) is 11.5 Å². The molecule has 0 unspecified atom stereocenters. The number of hydrogen-bond donors (Lipinski definition) is 0. The van der Waals surface area contributed by atoms with Gasteiger partial charge in [0.05, 0.1) is 18.7 Å². The normalized spacial score (nSPS) is 10.2. The summed E-state index contributed by atoms with van der Waals surface area (Å²) in [5, 5.41) is 0. The SMILES string of the molecule is COc1ccnc(COc2cc(F)ccc2Br)c1OC. The standard InChI is InChI=1S/C14H13BrFNO3/c1-18-12-5-6-17-11(14(12)19-2)8-20-13-7-9(16)3-4-10(13)15/h3-7H,8H2,1-2H3. The van der Waals surface area contributed by atoms with Crippen LogP contribution >= 0.6 is 15.9 Å². The molecule has 1 aromatic heterocycles. The van der Waals surface area contributed by atoms with Gasteiger partial charge in [-0.1, -0.05) is 0 Å². The summed E-state index contributed by atoms with van der Waals surface area (Å²) in [5.41, 5.74) is 0.572. The van der Waals surface area contributed by atoms with Crippen LogP contribution in [0.4, 0.5) is 4.39 Å². The van der Waals surface area contributed by atoms with Crippen LogP contribution in [0, 0.1) is 5.82 Å². The first-order valence-electron chi connectivity index (χ1n) is 5.79. The molecule has 0 aliphatic carbocycles. The lowest BCUT2D eigenvalue weighted by Gasteiger charge is -2.13. The van der Waals surface area contributed by atoms with Gasteiger partial charge in [-0.2, -0.15) is 0 Å². The van der Waals surface area contributed by atoms with Gasteiger partial charge in [-0.25, -0.2) is 4.39 Å². The minimum atomic E-state index is -0.367. The average Bonchev–Trinajstić information content (AvgIpc) is 2.47. The van der Waals surface area contributed by atoms with E-state index in [1.807, 2.05) is 0 Å². The average molecular weight is 342 g/mol. The summed E-state index contributed by atoms with van der Waals surface area (Å²) in [6.45, 7) is 0.141. The predicted molar refractivity (Wildman–Crippen MR) is 75.8 cm³/mol. The number of rotatable bonds is 5. The van der Waals surface area contributed by atoms with E-state index in [0.717, 1.165) is 0 Å². The predicted octanol–water partition coefficient (Wildman–Crippen LogP) is 3.58. The summed E-state index contributed by atoms with van der Waals surface area (Å²) in [7, 11) is 3.08. The van der Waals surface area contributed by atoms with E-state index in [0.29, 0.717) is 27.4 Å². The summed E-state index contributed by atoms with van der Waals surface area (Å²) in [6, 6.07) is 5.93. The molecule has 0 radical (unpaired) electrons. The number of pyridine rings is 1. The lowest BCUT2D eigenvalue weighted by Crippen LogP contribution is -2.03. The molecule has 0 aliphatic heterocycles. The van der Waals surface area contributed by atoms with Crippen molar-refractivity contribution in [3.8, 4) is 17.2 Å². The second-order valence-corrected chi connectivity index (χ2v) is 4.71. The second kappa shape index (κ2) is 6.56. The van der Waals surface area contributed by atoms with Gasteiger partial charge >= 0.3 is 0 Å². The number of nitrogens with zero attached hydrogens (tertiary/aromatic N) is 1. The van der Waals surface area contributed by atoms with Crippen LogP contribution in [0.15, 0.2) is 34.9 Å². The lowest BCUT2D eigenvalue weighted by atomic mass is 10.3. The van der Waals surface area contributed by atoms with Crippen molar-refractivity contribution in [1.29, 1.82) is 0 Å². The maximum atomic E-state index is 13.2. The fraction of sp³-hybridized carbons (Fsp3) is 0.214. The zero-order chi connectivity index (χ0) is 14.5. The number of ether oxygens (including phenoxy) is 3. The fourth-order valence-electron chi connectivity index (χ4n) is 1.69. The molecule has 0 saturated carbocycles. The number of benzene rings is 1. The Morgan fingerprint density at radius 2 is 1.95 bits per heavy atom. The first-order valence-corrected chi connectivity index (χ1v) is 6.58. The summed E-state index contributed by atoms with van der Waals surface area (Å²) >= 11 is 3.30. The van der Waals surface area contributed by atoms with Gasteiger partial charge in [-0.15, -0.1) is 0 Å². The third-order valence-electron chi connectivity index (χ3n) is 2.62. The highest BCUT2D eigenvalue weighted by molar-refractivity contribution is 9.10. The molecule has 0 atom stereocenters. The molecule has 4 nitrogen and oxygen atoms in total. The smallest absolute Gasteiger partial charge is 0.185 e. The zero-order valence-corrected chi connectivity index (χ0v) is 12.6. The summed E-state index contributed by atoms with van der Waals surface area (Å²) in [6.07, 6.45) is 1.60. The van der Waals surface area contributed by atoms with Gasteiger partial charge in [0.25, 0.3) is 0 Å². The highest BCUT2D eigenvalue weighted by Crippen LogP contribution is 2.31. The van der Waals surface area contributed by atoms with Crippen LogP contribution in [0.2, 0.25) is 0 Å². The molecule has 2 rings (SSSR count). The fourth-order valence-corrected chi connectivity index (χ4v) is 2.05. The minimum Gasteiger partial charge on any atom is -0.493 e. The quantitative estimate of drug-likeness (QED) is 0.833. The molecular formula is C14H13BrFNO3. The molecular weight excluding hydrogens is 329 g/mol. The third kappa shape index (κ3) is 3.19. The number of halogens is 2. The molecule has 20 heavy (non-hydrogen) atoms. The topological polar surface area (TPSA) is 40.6 Å². The van der Waals surface area contributed by atoms with Gasteiger partial charge in [0.1, 0.15) is 23.9 Å². The van der Waals surface area contributed by atoms with Crippen molar-refractivity contribution in [3.63, 3.8) is 0 Å². The van der Waals surface area contributed by atoms with E-state index >= 15 is 0 Å². The third-order valence-corrected chi connectivity index (χ3v) is 3.28. The Morgan fingerprint density at radius 3 is 2.65 bits per heavy atom. The van der Waals surface area contributed by atoms with Crippen molar-refractivity contribution in [1.82, 2.24) is 4.98 Å². The van der Waals surface area contributed by atoms with Crippen molar-refractivity contribution in [3.05, 3.63) is 46.4 Å². The van der Waals surface area contributed by atoms with Crippen molar-refractivity contribution in [2.24, 2.45) is 0 Å². The molecule has 1 aromatic carbocycles. The number of methoxy groups -OCH3 is 2. The highest BCUT2D eigenvalue weighted by Gasteiger charge is 2.12. The molecule has 0 amide bonds. The maximum absolute atomic E-state index is 13.2. The van der Waals surface area contributed by atoms with Crippen molar-refractivity contribution in [2.45, 2.75) is 6.61 Å². The van der Waals surface area contributed by atoms with Crippen LogP contribution in [0.3, 0.4) is 0 Å². The van der Waals surface area contributed by atoms with Gasteiger partial charge in [-0.05, 0) is 28.1 Å². The minimum absolute atomic E-state index is 0.141. The monoisotopic (exact) mass is 341 g/mol. The van der Waals surface area contributed by atoms with Gasteiger partial charge in [0.2, 0.25) is 0 Å². The van der Waals surface area contributed by atoms with Crippen molar-refractivity contribution in [2.75, 3.05) is 14.2 Å². The zero-order valence-electron chi connectivity index (χ0n) is 11.0. The maximum Gasteiger partial charge on any atom is 0.185 e. The highest BCUT2D eigenvalue weighted by atomic mass is 79.9. The van der Waals surface area contributed by atoms with Gasteiger partial charge < -0.3 is 14.2 Å². The first kappa shape index (κ1) is 14.6. The van der Waals surface area contributed by atoms with Crippen molar-refractivity contribution >= 4 is 15.9 Å². The lowest BCUT2D eigenvalue weighted by molar-refractivity contribution is 0.282. The molecule has 0 aliphatic rings. The van der Waals surface area contributed by atoms with Gasteiger partial charge in [-0.3, -0.25) is 4.98 Å². The van der Waals surface area contributed by atoms with Crippen LogP contribution < -0.4 is 14.2 Å². The molecule has 0 spiro atoms. The Labute approximate surface area is 124 Å². The van der Waals surface area contributed by atoms with E-state index < -0.39 is 0 Å². The van der Waals surface area contributed by atoms with Crippen molar-refractivity contribution < 1.29 is 18.6 Å². The molecule has 0 fully saturated rings. The number of aromatic nitrogens is 1. The van der Waals surface area contributed by atoms with E-state index in [1.165, 1.54) is 19.2 Å². The first-order chi connectivity index (χ1) is 9.65. The Balaban J connectivity index is 2.20. The van der Waals surface area contributed by atoms with Crippen LogP contribution in [0.25, 0.3) is 0 Å².